The Morgan fingerprint density at radius 1 is 1.21 bits per heavy atom. The summed E-state index contributed by atoms with van der Waals surface area (Å²) in [6.07, 6.45) is 0. The molecule has 9 nitrogen and oxygen atoms in total. The van der Waals surface area contributed by atoms with Gasteiger partial charge in [-0.2, -0.15) is 0 Å². The van der Waals surface area contributed by atoms with Crippen molar-refractivity contribution in [2.24, 2.45) is 0 Å². The topological polar surface area (TPSA) is 117 Å². The van der Waals surface area contributed by atoms with Crippen molar-refractivity contribution in [3.05, 3.63) is 56.6 Å². The number of amides is 1. The highest BCUT2D eigenvalue weighted by molar-refractivity contribution is 6.31. The summed E-state index contributed by atoms with van der Waals surface area (Å²) in [5.74, 6) is -1.43. The van der Waals surface area contributed by atoms with Gasteiger partial charge in [0.2, 0.25) is 0 Å². The number of aryl methyl sites for hydroxylation is 1. The van der Waals surface area contributed by atoms with Crippen molar-refractivity contribution in [2.45, 2.75) is 13.8 Å². The maximum atomic E-state index is 12.3. The molecule has 1 N–H and O–H groups in total. The molecular formula is C19H19ClN2O7. The number of esters is 1. The second-order valence-electron chi connectivity index (χ2n) is 5.80. The molecule has 2 rings (SSSR count). The molecule has 0 spiro atoms. The number of carbonyl (C=O) groups excluding carboxylic acids is 2. The quantitative estimate of drug-likeness (QED) is 0.391. The van der Waals surface area contributed by atoms with E-state index in [4.69, 9.17) is 25.8 Å². The summed E-state index contributed by atoms with van der Waals surface area (Å²) in [4.78, 5) is 34.9. The molecule has 0 saturated heterocycles. The van der Waals surface area contributed by atoms with Gasteiger partial charge in [-0.05, 0) is 31.5 Å². The van der Waals surface area contributed by atoms with E-state index in [1.807, 2.05) is 6.92 Å². The number of carbonyl (C=O) groups is 2. The lowest BCUT2D eigenvalue weighted by molar-refractivity contribution is -0.385. The number of nitrogens with zero attached hydrogens (tertiary/aromatic N) is 1. The predicted octanol–water partition coefficient (Wildman–Crippen LogP) is 3.76. The fourth-order valence-electron chi connectivity index (χ4n) is 2.37. The molecule has 1 amide bonds. The van der Waals surface area contributed by atoms with Crippen LogP contribution < -0.4 is 14.8 Å². The van der Waals surface area contributed by atoms with Gasteiger partial charge in [0.1, 0.15) is 5.56 Å². The normalized spacial score (nSPS) is 10.2. The Morgan fingerprint density at radius 2 is 1.93 bits per heavy atom. The van der Waals surface area contributed by atoms with Crippen LogP contribution in [-0.2, 0) is 9.53 Å². The van der Waals surface area contributed by atoms with E-state index in [1.54, 1.807) is 25.1 Å². The summed E-state index contributed by atoms with van der Waals surface area (Å²) in [6, 6.07) is 7.14. The Kier molecular flexibility index (Phi) is 7.38. The molecule has 2 aromatic carbocycles. The minimum Gasteiger partial charge on any atom is -0.493 e. The molecule has 154 valence electrons. The third-order valence-electron chi connectivity index (χ3n) is 3.79. The third-order valence-corrected chi connectivity index (χ3v) is 4.20. The van der Waals surface area contributed by atoms with E-state index in [2.05, 4.69) is 5.32 Å². The van der Waals surface area contributed by atoms with E-state index in [0.29, 0.717) is 10.7 Å². The van der Waals surface area contributed by atoms with Gasteiger partial charge in [0.25, 0.3) is 11.6 Å². The van der Waals surface area contributed by atoms with E-state index in [-0.39, 0.29) is 23.7 Å². The van der Waals surface area contributed by atoms with Gasteiger partial charge in [0.15, 0.2) is 18.1 Å². The fraction of sp³-hybridized carbons (Fsp3) is 0.263. The first-order valence-electron chi connectivity index (χ1n) is 8.49. The van der Waals surface area contributed by atoms with Crippen molar-refractivity contribution in [3.63, 3.8) is 0 Å². The zero-order valence-corrected chi connectivity index (χ0v) is 16.7. The first-order valence-corrected chi connectivity index (χ1v) is 8.87. The number of nitro benzene ring substituents is 1. The first-order chi connectivity index (χ1) is 13.8. The predicted molar refractivity (Wildman–Crippen MR) is 106 cm³/mol. The van der Waals surface area contributed by atoms with Crippen LogP contribution >= 0.6 is 11.6 Å². The van der Waals surface area contributed by atoms with Gasteiger partial charge in [0.05, 0.1) is 24.7 Å². The number of halogens is 1. The van der Waals surface area contributed by atoms with E-state index in [1.165, 1.54) is 7.11 Å². The van der Waals surface area contributed by atoms with Crippen molar-refractivity contribution in [2.75, 3.05) is 25.6 Å². The zero-order valence-electron chi connectivity index (χ0n) is 16.0. The van der Waals surface area contributed by atoms with Crippen LogP contribution in [0, 0.1) is 17.0 Å². The second kappa shape index (κ2) is 9.74. The Hall–Kier alpha value is -3.33. The average Bonchev–Trinajstić information content (AvgIpc) is 2.68. The monoisotopic (exact) mass is 422 g/mol. The minimum absolute atomic E-state index is 0.118. The van der Waals surface area contributed by atoms with Crippen molar-refractivity contribution in [3.8, 4) is 11.5 Å². The van der Waals surface area contributed by atoms with Crippen molar-refractivity contribution >= 4 is 34.9 Å². The Bertz CT molecular complexity index is 946. The number of rotatable bonds is 8. The highest BCUT2D eigenvalue weighted by atomic mass is 35.5. The van der Waals surface area contributed by atoms with Gasteiger partial charge in [-0.1, -0.05) is 17.7 Å². The van der Waals surface area contributed by atoms with Crippen LogP contribution in [-0.4, -0.2) is 37.1 Å². The molecule has 0 aromatic heterocycles. The summed E-state index contributed by atoms with van der Waals surface area (Å²) in [7, 11) is 1.33. The molecule has 29 heavy (non-hydrogen) atoms. The van der Waals surface area contributed by atoms with E-state index in [9.17, 15) is 19.7 Å². The average molecular weight is 423 g/mol. The van der Waals surface area contributed by atoms with Crippen molar-refractivity contribution < 1.29 is 28.7 Å². The van der Waals surface area contributed by atoms with E-state index >= 15 is 0 Å². The van der Waals surface area contributed by atoms with Crippen LogP contribution in [0.5, 0.6) is 11.5 Å². The number of nitro groups is 1. The highest BCUT2D eigenvalue weighted by Crippen LogP contribution is 2.35. The number of ether oxygens (including phenoxy) is 3. The van der Waals surface area contributed by atoms with E-state index < -0.39 is 29.1 Å². The van der Waals surface area contributed by atoms with Gasteiger partial charge in [-0.25, -0.2) is 4.79 Å². The lowest BCUT2D eigenvalue weighted by Gasteiger charge is -2.12. The molecule has 0 aliphatic heterocycles. The smallest absolute Gasteiger partial charge is 0.345 e. The molecular weight excluding hydrogens is 404 g/mol. The Labute approximate surface area is 171 Å². The molecule has 0 aliphatic rings. The summed E-state index contributed by atoms with van der Waals surface area (Å²) in [6.45, 7) is 3.12. The molecule has 10 heteroatoms. The third kappa shape index (κ3) is 5.58. The maximum absolute atomic E-state index is 12.3. The first kappa shape index (κ1) is 22.0. The number of hydrogen-bond acceptors (Lipinski definition) is 7. The Balaban J connectivity index is 2.13. The number of anilines is 1. The molecule has 0 radical (unpaired) electrons. The number of hydrogen-bond donors (Lipinski definition) is 1. The number of methoxy groups -OCH3 is 1. The largest absolute Gasteiger partial charge is 0.493 e. The van der Waals surface area contributed by atoms with Gasteiger partial charge in [-0.15, -0.1) is 0 Å². The lowest BCUT2D eigenvalue weighted by Crippen LogP contribution is -2.21. The lowest BCUT2D eigenvalue weighted by atomic mass is 10.1. The molecule has 0 atom stereocenters. The van der Waals surface area contributed by atoms with Crippen LogP contribution in [0.4, 0.5) is 11.4 Å². The van der Waals surface area contributed by atoms with Crippen LogP contribution in [0.15, 0.2) is 30.3 Å². The van der Waals surface area contributed by atoms with Crippen molar-refractivity contribution in [1.82, 2.24) is 0 Å². The summed E-state index contributed by atoms with van der Waals surface area (Å²) < 4.78 is 15.3. The Morgan fingerprint density at radius 3 is 2.52 bits per heavy atom. The highest BCUT2D eigenvalue weighted by Gasteiger charge is 2.26. The molecule has 0 aliphatic carbocycles. The SMILES string of the molecule is CCOc1cc([N+](=O)[O-])c(C(=O)OCC(=O)Nc2ccc(C)c(Cl)c2)cc1OC. The van der Waals surface area contributed by atoms with Gasteiger partial charge in [0, 0.05) is 16.8 Å². The molecule has 0 fully saturated rings. The van der Waals surface area contributed by atoms with E-state index in [0.717, 1.165) is 17.7 Å². The molecule has 0 bridgehead atoms. The van der Waals surface area contributed by atoms with Crippen LogP contribution in [0.3, 0.4) is 0 Å². The van der Waals surface area contributed by atoms with Gasteiger partial charge < -0.3 is 19.5 Å². The molecule has 2 aromatic rings. The standard InChI is InChI=1S/C19H19ClN2O7/c1-4-28-17-9-15(22(25)26)13(8-16(17)27-3)19(24)29-10-18(23)21-12-6-5-11(2)14(20)7-12/h5-9H,4,10H2,1-3H3,(H,21,23). The van der Waals surface area contributed by atoms with Gasteiger partial charge >= 0.3 is 5.97 Å². The van der Waals surface area contributed by atoms with Crippen molar-refractivity contribution in [1.29, 1.82) is 0 Å². The van der Waals surface area contributed by atoms with Crippen LogP contribution in [0.25, 0.3) is 0 Å². The van der Waals surface area contributed by atoms with Gasteiger partial charge in [-0.3, -0.25) is 14.9 Å². The second-order valence-corrected chi connectivity index (χ2v) is 6.21. The van der Waals surface area contributed by atoms with Crippen LogP contribution in [0.1, 0.15) is 22.8 Å². The number of nitrogens with one attached hydrogen (secondary N) is 1. The maximum Gasteiger partial charge on any atom is 0.345 e. The number of benzene rings is 2. The molecule has 0 saturated carbocycles. The minimum atomic E-state index is -1.05. The summed E-state index contributed by atoms with van der Waals surface area (Å²) in [5, 5.41) is 14.3. The summed E-state index contributed by atoms with van der Waals surface area (Å²) >= 11 is 5.99. The summed E-state index contributed by atoms with van der Waals surface area (Å²) in [5.41, 5.74) is 0.384. The molecule has 0 heterocycles. The fourth-order valence-corrected chi connectivity index (χ4v) is 2.55. The van der Waals surface area contributed by atoms with Crippen LogP contribution in [0.2, 0.25) is 5.02 Å². The zero-order chi connectivity index (χ0) is 21.6. The molecule has 0 unspecified atom stereocenters.